The summed E-state index contributed by atoms with van der Waals surface area (Å²) in [5.74, 6) is 0.0589. The maximum atomic E-state index is 13.5. The fraction of sp³-hybridized carbons (Fsp3) is 0.381. The number of aliphatic hydroxyl groups excluding tert-OH is 1. The van der Waals surface area contributed by atoms with Gasteiger partial charge in [-0.1, -0.05) is 18.2 Å². The smallest absolute Gasteiger partial charge is 0.417 e. The van der Waals surface area contributed by atoms with Gasteiger partial charge in [-0.3, -0.25) is 4.79 Å². The van der Waals surface area contributed by atoms with Gasteiger partial charge in [0.2, 0.25) is 0 Å². The largest absolute Gasteiger partial charge is 0.493 e. The average molecular weight is 425 g/mol. The van der Waals surface area contributed by atoms with Gasteiger partial charge in [0.05, 0.1) is 44.6 Å². The van der Waals surface area contributed by atoms with E-state index in [1.807, 2.05) is 0 Å². The van der Waals surface area contributed by atoms with Crippen LogP contribution in [0.3, 0.4) is 0 Å². The number of benzene rings is 2. The fourth-order valence-electron chi connectivity index (χ4n) is 3.62. The molecule has 0 bridgehead atoms. The summed E-state index contributed by atoms with van der Waals surface area (Å²) in [6.45, 7) is -0.251. The molecule has 3 rings (SSSR count). The summed E-state index contributed by atoms with van der Waals surface area (Å²) in [6.07, 6.45) is -5.48. The lowest BCUT2D eigenvalue weighted by molar-refractivity contribution is -0.138. The van der Waals surface area contributed by atoms with Gasteiger partial charge in [-0.2, -0.15) is 13.2 Å². The van der Waals surface area contributed by atoms with Crippen LogP contribution in [0.5, 0.6) is 11.5 Å². The lowest BCUT2D eigenvalue weighted by Crippen LogP contribution is -2.49. The second-order valence-electron chi connectivity index (χ2n) is 6.69. The van der Waals surface area contributed by atoms with Crippen LogP contribution in [0.4, 0.5) is 13.2 Å². The number of amides is 1. The predicted molar refractivity (Wildman–Crippen MR) is 102 cm³/mol. The van der Waals surface area contributed by atoms with E-state index in [1.54, 1.807) is 18.2 Å². The highest BCUT2D eigenvalue weighted by Gasteiger charge is 2.40. The molecule has 162 valence electrons. The first-order chi connectivity index (χ1) is 14.3. The standard InChI is InChI=1S/C21H22F3NO5/c1-28-16-8-7-13(11-17(16)29-2)19-18(12-26)30-10-9-25(19)20(27)14-5-3-4-6-15(14)21(22,23)24/h3-8,11,18-19,26H,9-10,12H2,1-2H3/t18-,19-/m1/s1. The third-order valence-corrected chi connectivity index (χ3v) is 5.00. The van der Waals surface area contributed by atoms with Crippen molar-refractivity contribution >= 4 is 5.91 Å². The summed E-state index contributed by atoms with van der Waals surface area (Å²) >= 11 is 0. The molecule has 1 saturated heterocycles. The van der Waals surface area contributed by atoms with Gasteiger partial charge in [0.15, 0.2) is 11.5 Å². The molecule has 1 fully saturated rings. The van der Waals surface area contributed by atoms with E-state index < -0.39 is 42.0 Å². The number of rotatable bonds is 5. The van der Waals surface area contributed by atoms with Crippen molar-refractivity contribution in [2.45, 2.75) is 18.3 Å². The second-order valence-corrected chi connectivity index (χ2v) is 6.69. The Bertz CT molecular complexity index is 902. The third-order valence-electron chi connectivity index (χ3n) is 5.00. The molecule has 1 amide bonds. The molecule has 1 aliphatic rings. The molecule has 0 saturated carbocycles. The number of halogens is 3. The fourth-order valence-corrected chi connectivity index (χ4v) is 3.62. The topological polar surface area (TPSA) is 68.2 Å². The van der Waals surface area contributed by atoms with Crippen LogP contribution in [0.25, 0.3) is 0 Å². The number of carbonyl (C=O) groups is 1. The van der Waals surface area contributed by atoms with E-state index >= 15 is 0 Å². The molecule has 1 N–H and O–H groups in total. The minimum absolute atomic E-state index is 0.0700. The third kappa shape index (κ3) is 4.22. The van der Waals surface area contributed by atoms with Crippen LogP contribution >= 0.6 is 0 Å². The van der Waals surface area contributed by atoms with Crippen LogP contribution in [0.2, 0.25) is 0 Å². The number of ether oxygens (including phenoxy) is 3. The first-order valence-corrected chi connectivity index (χ1v) is 9.23. The molecule has 30 heavy (non-hydrogen) atoms. The molecule has 2 aromatic carbocycles. The van der Waals surface area contributed by atoms with E-state index in [0.29, 0.717) is 17.1 Å². The predicted octanol–water partition coefficient (Wildman–Crippen LogP) is 3.30. The Balaban J connectivity index is 2.06. The normalized spacial score (nSPS) is 19.5. The molecule has 0 aromatic heterocycles. The zero-order valence-electron chi connectivity index (χ0n) is 16.5. The molecule has 0 aliphatic carbocycles. The SMILES string of the molecule is COc1ccc([C@@H]2[C@@H](CO)OCCN2C(=O)c2ccccc2C(F)(F)F)cc1OC. The molecule has 2 aromatic rings. The number of nitrogens with zero attached hydrogens (tertiary/aromatic N) is 1. The van der Waals surface area contributed by atoms with Gasteiger partial charge in [0, 0.05) is 6.54 Å². The highest BCUT2D eigenvalue weighted by atomic mass is 19.4. The lowest BCUT2D eigenvalue weighted by Gasteiger charge is -2.41. The van der Waals surface area contributed by atoms with Crippen molar-refractivity contribution in [2.75, 3.05) is 34.0 Å². The van der Waals surface area contributed by atoms with Crippen molar-refractivity contribution in [3.05, 3.63) is 59.2 Å². The molecule has 2 atom stereocenters. The molecular formula is C21H22F3NO5. The average Bonchev–Trinajstić information content (AvgIpc) is 2.76. The highest BCUT2D eigenvalue weighted by molar-refractivity contribution is 5.96. The number of aliphatic hydroxyl groups is 1. The van der Waals surface area contributed by atoms with E-state index in [-0.39, 0.29) is 13.2 Å². The number of carbonyl (C=O) groups excluding carboxylic acids is 1. The van der Waals surface area contributed by atoms with Crippen molar-refractivity contribution in [2.24, 2.45) is 0 Å². The van der Waals surface area contributed by atoms with Crippen LogP contribution in [0.1, 0.15) is 27.5 Å². The molecule has 1 aliphatic heterocycles. The molecular weight excluding hydrogens is 403 g/mol. The van der Waals surface area contributed by atoms with E-state index in [9.17, 15) is 23.1 Å². The van der Waals surface area contributed by atoms with Crippen LogP contribution < -0.4 is 9.47 Å². The Labute approximate surface area is 171 Å². The summed E-state index contributed by atoms with van der Waals surface area (Å²) in [6, 6.07) is 8.76. The van der Waals surface area contributed by atoms with Crippen LogP contribution in [-0.4, -0.2) is 56.0 Å². The van der Waals surface area contributed by atoms with Gasteiger partial charge in [-0.15, -0.1) is 0 Å². The van der Waals surface area contributed by atoms with Crippen molar-refractivity contribution in [1.82, 2.24) is 4.90 Å². The summed E-state index contributed by atoms with van der Waals surface area (Å²) in [5.41, 5.74) is -0.911. The minimum atomic E-state index is -4.67. The van der Waals surface area contributed by atoms with Gasteiger partial charge in [-0.05, 0) is 29.8 Å². The Morgan fingerprint density at radius 1 is 1.17 bits per heavy atom. The second kappa shape index (κ2) is 8.93. The first-order valence-electron chi connectivity index (χ1n) is 9.23. The number of hydrogen-bond donors (Lipinski definition) is 1. The Hall–Kier alpha value is -2.78. The van der Waals surface area contributed by atoms with Crippen molar-refractivity contribution < 1.29 is 37.3 Å². The highest BCUT2D eigenvalue weighted by Crippen LogP contribution is 2.38. The molecule has 6 nitrogen and oxygen atoms in total. The summed E-state index contributed by atoms with van der Waals surface area (Å²) in [5, 5.41) is 9.81. The molecule has 9 heteroatoms. The van der Waals surface area contributed by atoms with Crippen LogP contribution in [0, 0.1) is 0 Å². The lowest BCUT2D eigenvalue weighted by atomic mass is 9.96. The van der Waals surface area contributed by atoms with E-state index in [1.165, 1.54) is 31.3 Å². The quantitative estimate of drug-likeness (QED) is 0.796. The first kappa shape index (κ1) is 21.9. The maximum absolute atomic E-state index is 13.5. The van der Waals surface area contributed by atoms with Crippen molar-refractivity contribution in [1.29, 1.82) is 0 Å². The monoisotopic (exact) mass is 425 g/mol. The molecule has 0 spiro atoms. The number of morpholine rings is 1. The van der Waals surface area contributed by atoms with Crippen molar-refractivity contribution in [3.8, 4) is 11.5 Å². The molecule has 0 radical (unpaired) electrons. The summed E-state index contributed by atoms with van der Waals surface area (Å²) in [7, 11) is 2.92. The van der Waals surface area contributed by atoms with Gasteiger partial charge in [0.25, 0.3) is 5.91 Å². The summed E-state index contributed by atoms with van der Waals surface area (Å²) in [4.78, 5) is 14.5. The number of methoxy groups -OCH3 is 2. The Kier molecular flexibility index (Phi) is 6.52. The van der Waals surface area contributed by atoms with Gasteiger partial charge in [0.1, 0.15) is 6.10 Å². The number of hydrogen-bond acceptors (Lipinski definition) is 5. The Morgan fingerprint density at radius 3 is 2.50 bits per heavy atom. The molecule has 1 heterocycles. The van der Waals surface area contributed by atoms with Gasteiger partial charge in [-0.25, -0.2) is 0 Å². The van der Waals surface area contributed by atoms with Crippen LogP contribution in [0.15, 0.2) is 42.5 Å². The maximum Gasteiger partial charge on any atom is 0.417 e. The van der Waals surface area contributed by atoms with Crippen LogP contribution in [-0.2, 0) is 10.9 Å². The van der Waals surface area contributed by atoms with E-state index in [0.717, 1.165) is 12.1 Å². The zero-order chi connectivity index (χ0) is 21.9. The minimum Gasteiger partial charge on any atom is -0.493 e. The summed E-state index contributed by atoms with van der Waals surface area (Å²) < 4.78 is 56.5. The van der Waals surface area contributed by atoms with Gasteiger partial charge >= 0.3 is 6.18 Å². The Morgan fingerprint density at radius 2 is 1.87 bits per heavy atom. The van der Waals surface area contributed by atoms with Crippen molar-refractivity contribution in [3.63, 3.8) is 0 Å². The number of alkyl halides is 3. The zero-order valence-corrected chi connectivity index (χ0v) is 16.5. The van der Waals surface area contributed by atoms with Gasteiger partial charge < -0.3 is 24.2 Å². The van der Waals surface area contributed by atoms with E-state index in [2.05, 4.69) is 0 Å². The van der Waals surface area contributed by atoms with E-state index in [4.69, 9.17) is 14.2 Å². The molecule has 0 unspecified atom stereocenters.